The van der Waals surface area contributed by atoms with Crippen LogP contribution in [0.15, 0.2) is 45.3 Å². The van der Waals surface area contributed by atoms with Crippen molar-refractivity contribution in [2.75, 3.05) is 25.5 Å². The first-order valence-corrected chi connectivity index (χ1v) is 12.7. The van der Waals surface area contributed by atoms with Gasteiger partial charge in [-0.05, 0) is 43.5 Å². The number of thiazole rings is 1. The number of carbonyl (C=O) groups excluding carboxylic acids is 1. The van der Waals surface area contributed by atoms with E-state index in [1.807, 2.05) is 24.3 Å². The van der Waals surface area contributed by atoms with E-state index in [4.69, 9.17) is 9.26 Å². The number of nitrogens with zero attached hydrogens (tertiary/aromatic N) is 3. The lowest BCUT2D eigenvalue weighted by molar-refractivity contribution is -0.120. The van der Waals surface area contributed by atoms with Gasteiger partial charge in [0.15, 0.2) is 15.8 Å². The van der Waals surface area contributed by atoms with Gasteiger partial charge < -0.3 is 14.6 Å². The Labute approximate surface area is 196 Å². The number of anilines is 1. The van der Waals surface area contributed by atoms with Gasteiger partial charge in [0.25, 0.3) is 0 Å². The van der Waals surface area contributed by atoms with Crippen LogP contribution in [0.5, 0.6) is 5.75 Å². The topological polar surface area (TPSA) is 115 Å². The molecule has 1 saturated heterocycles. The fraction of sp³-hybridized carbons (Fsp3) is 0.318. The molecule has 11 heteroatoms. The van der Waals surface area contributed by atoms with Crippen LogP contribution in [0.2, 0.25) is 0 Å². The molecule has 0 radical (unpaired) electrons. The maximum atomic E-state index is 13.4. The molecule has 1 N–H and O–H groups in total. The first-order chi connectivity index (χ1) is 15.9. The molecule has 33 heavy (non-hydrogen) atoms. The number of methoxy groups -OCH3 is 1. The molecule has 1 aliphatic rings. The number of amides is 1. The maximum absolute atomic E-state index is 13.4. The van der Waals surface area contributed by atoms with E-state index in [1.165, 1.54) is 15.6 Å². The number of benzene rings is 1. The molecule has 0 unspecified atom stereocenters. The van der Waals surface area contributed by atoms with Gasteiger partial charge in [-0.3, -0.25) is 4.79 Å². The van der Waals surface area contributed by atoms with E-state index in [0.717, 1.165) is 11.3 Å². The minimum Gasteiger partial charge on any atom is -0.497 e. The molecule has 174 valence electrons. The van der Waals surface area contributed by atoms with Crippen LogP contribution in [-0.4, -0.2) is 49.0 Å². The Morgan fingerprint density at radius 3 is 2.61 bits per heavy atom. The van der Waals surface area contributed by atoms with E-state index >= 15 is 0 Å². The molecule has 0 atom stereocenters. The molecule has 0 spiro atoms. The Kier molecular flexibility index (Phi) is 6.91. The highest BCUT2D eigenvalue weighted by Crippen LogP contribution is 2.30. The van der Waals surface area contributed by atoms with Crippen LogP contribution in [-0.2, 0) is 14.8 Å². The largest absolute Gasteiger partial charge is 0.497 e. The maximum Gasteiger partial charge on any atom is 0.248 e. The van der Waals surface area contributed by atoms with Crippen molar-refractivity contribution in [1.82, 2.24) is 14.4 Å². The molecule has 3 heterocycles. The SMILES string of the molecule is COc1ccc(/C=C\c2onc(C)c2S(=O)(=O)N2CCC(C(=O)Nc3nccs3)CC2)cc1. The summed E-state index contributed by atoms with van der Waals surface area (Å²) in [5, 5.41) is 9.00. The highest BCUT2D eigenvalue weighted by atomic mass is 32.2. The summed E-state index contributed by atoms with van der Waals surface area (Å²) in [6.45, 7) is 2.09. The van der Waals surface area contributed by atoms with Crippen molar-refractivity contribution >= 4 is 44.6 Å². The van der Waals surface area contributed by atoms with Gasteiger partial charge in [0.1, 0.15) is 11.4 Å². The molecule has 0 saturated carbocycles. The number of nitrogens with one attached hydrogen (secondary N) is 1. The van der Waals surface area contributed by atoms with Gasteiger partial charge in [-0.15, -0.1) is 11.3 Å². The fourth-order valence-electron chi connectivity index (χ4n) is 3.67. The lowest BCUT2D eigenvalue weighted by Gasteiger charge is -2.30. The van der Waals surface area contributed by atoms with Gasteiger partial charge in [0.2, 0.25) is 15.9 Å². The summed E-state index contributed by atoms with van der Waals surface area (Å²) >= 11 is 1.35. The first kappa shape index (κ1) is 23.1. The summed E-state index contributed by atoms with van der Waals surface area (Å²) in [5.41, 5.74) is 1.16. The molecule has 1 aliphatic heterocycles. The zero-order valence-corrected chi connectivity index (χ0v) is 19.9. The fourth-order valence-corrected chi connectivity index (χ4v) is 5.92. The van der Waals surface area contributed by atoms with Crippen molar-refractivity contribution in [2.45, 2.75) is 24.7 Å². The van der Waals surface area contributed by atoms with E-state index in [0.29, 0.717) is 23.7 Å². The van der Waals surface area contributed by atoms with E-state index in [-0.39, 0.29) is 35.6 Å². The minimum atomic E-state index is -3.83. The average molecular weight is 489 g/mol. The molecule has 1 amide bonds. The highest BCUT2D eigenvalue weighted by molar-refractivity contribution is 7.89. The van der Waals surface area contributed by atoms with E-state index < -0.39 is 10.0 Å². The Hall–Kier alpha value is -3.02. The molecule has 4 rings (SSSR count). The highest BCUT2D eigenvalue weighted by Gasteiger charge is 2.36. The molecule has 0 aliphatic carbocycles. The second-order valence-corrected chi connectivity index (χ2v) is 10.3. The standard InChI is InChI=1S/C22H24N4O5S2/c1-15-20(19(31-25-15)8-5-16-3-6-18(30-2)7-4-16)33(28,29)26-12-9-17(10-13-26)21(27)24-22-23-11-14-32-22/h3-8,11,14,17H,9-10,12-13H2,1-2H3,(H,23,24,27)/b8-5-. The van der Waals surface area contributed by atoms with Gasteiger partial charge in [-0.2, -0.15) is 4.31 Å². The summed E-state index contributed by atoms with van der Waals surface area (Å²) in [6, 6.07) is 7.35. The van der Waals surface area contributed by atoms with Crippen molar-refractivity contribution in [3.05, 3.63) is 52.9 Å². The molecular weight excluding hydrogens is 464 g/mol. The Balaban J connectivity index is 1.46. The van der Waals surface area contributed by atoms with Crippen LogP contribution in [0.1, 0.15) is 29.9 Å². The second-order valence-electron chi connectivity index (χ2n) is 7.57. The number of piperidine rings is 1. The third kappa shape index (κ3) is 5.15. The predicted octanol–water partition coefficient (Wildman–Crippen LogP) is 3.66. The summed E-state index contributed by atoms with van der Waals surface area (Å²) in [7, 11) is -2.24. The van der Waals surface area contributed by atoms with Crippen LogP contribution < -0.4 is 10.1 Å². The third-order valence-electron chi connectivity index (χ3n) is 5.46. The number of sulfonamides is 1. The normalized spacial score (nSPS) is 15.7. The zero-order chi connectivity index (χ0) is 23.4. The van der Waals surface area contributed by atoms with Crippen LogP contribution in [0.25, 0.3) is 12.2 Å². The van der Waals surface area contributed by atoms with Crippen molar-refractivity contribution in [3.63, 3.8) is 0 Å². The second kappa shape index (κ2) is 9.86. The van der Waals surface area contributed by atoms with Crippen molar-refractivity contribution in [2.24, 2.45) is 5.92 Å². The average Bonchev–Trinajstić information content (AvgIpc) is 3.47. The zero-order valence-electron chi connectivity index (χ0n) is 18.2. The Morgan fingerprint density at radius 2 is 1.97 bits per heavy atom. The number of aryl methyl sites for hydroxylation is 1. The van der Waals surface area contributed by atoms with Crippen molar-refractivity contribution in [3.8, 4) is 5.75 Å². The van der Waals surface area contributed by atoms with Crippen LogP contribution in [0.3, 0.4) is 0 Å². The van der Waals surface area contributed by atoms with Gasteiger partial charge >= 0.3 is 0 Å². The molecule has 1 aromatic carbocycles. The van der Waals surface area contributed by atoms with E-state index in [1.54, 1.807) is 37.8 Å². The molecule has 2 aromatic heterocycles. The molecular formula is C22H24N4O5S2. The lowest BCUT2D eigenvalue weighted by Crippen LogP contribution is -2.41. The smallest absolute Gasteiger partial charge is 0.248 e. The van der Waals surface area contributed by atoms with Crippen LogP contribution >= 0.6 is 11.3 Å². The van der Waals surface area contributed by atoms with Gasteiger partial charge in [-0.1, -0.05) is 23.4 Å². The number of rotatable bonds is 7. The molecule has 3 aromatic rings. The Bertz CT molecular complexity index is 1230. The lowest BCUT2D eigenvalue weighted by atomic mass is 9.97. The molecule has 9 nitrogen and oxygen atoms in total. The summed E-state index contributed by atoms with van der Waals surface area (Å²) in [5.74, 6) is 0.506. The van der Waals surface area contributed by atoms with Crippen LogP contribution in [0, 0.1) is 12.8 Å². The molecule has 1 fully saturated rings. The quantitative estimate of drug-likeness (QED) is 0.540. The van der Waals surface area contributed by atoms with Gasteiger partial charge in [0, 0.05) is 30.6 Å². The monoisotopic (exact) mass is 488 g/mol. The Morgan fingerprint density at radius 1 is 1.24 bits per heavy atom. The van der Waals surface area contributed by atoms with E-state index in [2.05, 4.69) is 15.5 Å². The summed E-state index contributed by atoms with van der Waals surface area (Å²) < 4.78 is 38.6. The van der Waals surface area contributed by atoms with Crippen LogP contribution in [0.4, 0.5) is 5.13 Å². The number of hydrogen-bond acceptors (Lipinski definition) is 8. The number of aromatic nitrogens is 2. The van der Waals surface area contributed by atoms with Gasteiger partial charge in [-0.25, -0.2) is 13.4 Å². The van der Waals surface area contributed by atoms with E-state index in [9.17, 15) is 13.2 Å². The summed E-state index contributed by atoms with van der Waals surface area (Å²) in [6.07, 6.45) is 5.84. The number of ether oxygens (including phenoxy) is 1. The number of carbonyl (C=O) groups is 1. The minimum absolute atomic E-state index is 0.0537. The number of hydrogen-bond donors (Lipinski definition) is 1. The summed E-state index contributed by atoms with van der Waals surface area (Å²) in [4.78, 5) is 16.6. The predicted molar refractivity (Wildman–Crippen MR) is 125 cm³/mol. The van der Waals surface area contributed by atoms with Crippen molar-refractivity contribution < 1.29 is 22.5 Å². The van der Waals surface area contributed by atoms with Crippen molar-refractivity contribution in [1.29, 1.82) is 0 Å². The third-order valence-corrected chi connectivity index (χ3v) is 8.21. The van der Waals surface area contributed by atoms with Gasteiger partial charge in [0.05, 0.1) is 7.11 Å². The first-order valence-electron chi connectivity index (χ1n) is 10.4. The molecule has 0 bridgehead atoms.